The molecule has 0 aromatic heterocycles. The van der Waals surface area contributed by atoms with Gasteiger partial charge in [0.2, 0.25) is 5.91 Å². The van der Waals surface area contributed by atoms with Gasteiger partial charge in [-0.05, 0) is 31.5 Å². The molecule has 1 aliphatic rings. The third kappa shape index (κ3) is 4.58. The Hall–Kier alpha value is -1.33. The second-order valence-electron chi connectivity index (χ2n) is 5.04. The van der Waals surface area contributed by atoms with Gasteiger partial charge >= 0.3 is 0 Å². The molecule has 4 nitrogen and oxygen atoms in total. The van der Waals surface area contributed by atoms with Gasteiger partial charge in [-0.25, -0.2) is 4.39 Å². The number of halogens is 2. The summed E-state index contributed by atoms with van der Waals surface area (Å²) in [5.74, 6) is -0.409. The number of carbonyl (C=O) groups is 1. The first-order chi connectivity index (χ1) is 10.1. The van der Waals surface area contributed by atoms with Gasteiger partial charge in [0.15, 0.2) is 0 Å². The summed E-state index contributed by atoms with van der Waals surface area (Å²) in [6.07, 6.45) is 1.25. The van der Waals surface area contributed by atoms with E-state index in [0.717, 1.165) is 18.7 Å². The molecule has 0 radical (unpaired) electrons. The van der Waals surface area contributed by atoms with Crippen LogP contribution in [0.1, 0.15) is 19.8 Å². The lowest BCUT2D eigenvalue weighted by Crippen LogP contribution is -2.37. The maximum atomic E-state index is 13.2. The summed E-state index contributed by atoms with van der Waals surface area (Å²) in [7, 11) is 0. The lowest BCUT2D eigenvalue weighted by molar-refractivity contribution is -0.122. The fraction of sp³-hybridized carbons (Fsp3) is 0.533. The SMILES string of the molecule is CCOCCC(=O)N[C@H]1CCN(c2ccc(F)c(Cl)c2)C1. The van der Waals surface area contributed by atoms with Crippen LogP contribution in [0.5, 0.6) is 0 Å². The Bertz CT molecular complexity index is 499. The number of hydrogen-bond acceptors (Lipinski definition) is 3. The van der Waals surface area contributed by atoms with Crippen LogP contribution in [0.3, 0.4) is 0 Å². The van der Waals surface area contributed by atoms with Crippen LogP contribution in [0.4, 0.5) is 10.1 Å². The molecule has 0 bridgehead atoms. The number of amides is 1. The highest BCUT2D eigenvalue weighted by Crippen LogP contribution is 2.25. The fourth-order valence-corrected chi connectivity index (χ4v) is 2.58. The van der Waals surface area contributed by atoms with Gasteiger partial charge in [-0.15, -0.1) is 0 Å². The Morgan fingerprint density at radius 1 is 1.57 bits per heavy atom. The minimum Gasteiger partial charge on any atom is -0.381 e. The van der Waals surface area contributed by atoms with E-state index in [0.29, 0.717) is 26.2 Å². The second kappa shape index (κ2) is 7.61. The summed E-state index contributed by atoms with van der Waals surface area (Å²) in [6.45, 7) is 4.50. The summed E-state index contributed by atoms with van der Waals surface area (Å²) in [5, 5.41) is 3.12. The highest BCUT2D eigenvalue weighted by molar-refractivity contribution is 6.31. The number of rotatable bonds is 6. The normalized spacial score (nSPS) is 18.0. The maximum absolute atomic E-state index is 13.2. The standard InChI is InChI=1S/C15H20ClFN2O2/c1-2-21-8-6-15(20)18-11-5-7-19(10-11)12-3-4-14(17)13(16)9-12/h3-4,9,11H,2,5-8,10H2,1H3,(H,18,20)/t11-/m0/s1. The largest absolute Gasteiger partial charge is 0.381 e. The van der Waals surface area contributed by atoms with Crippen molar-refractivity contribution >= 4 is 23.2 Å². The van der Waals surface area contributed by atoms with Crippen LogP contribution in [0, 0.1) is 5.82 Å². The van der Waals surface area contributed by atoms with E-state index >= 15 is 0 Å². The van der Waals surface area contributed by atoms with Crippen molar-refractivity contribution in [2.75, 3.05) is 31.2 Å². The van der Waals surface area contributed by atoms with Crippen molar-refractivity contribution in [3.8, 4) is 0 Å². The van der Waals surface area contributed by atoms with Gasteiger partial charge in [0.25, 0.3) is 0 Å². The molecule has 1 N–H and O–H groups in total. The van der Waals surface area contributed by atoms with Crippen molar-refractivity contribution in [2.45, 2.75) is 25.8 Å². The number of nitrogens with zero attached hydrogens (tertiary/aromatic N) is 1. The summed E-state index contributed by atoms with van der Waals surface area (Å²) in [4.78, 5) is 13.8. The van der Waals surface area contributed by atoms with Crippen molar-refractivity contribution in [3.05, 3.63) is 29.0 Å². The van der Waals surface area contributed by atoms with Gasteiger partial charge < -0.3 is 15.0 Å². The van der Waals surface area contributed by atoms with E-state index in [2.05, 4.69) is 10.2 Å². The van der Waals surface area contributed by atoms with Crippen molar-refractivity contribution in [1.29, 1.82) is 0 Å². The molecule has 1 amide bonds. The van der Waals surface area contributed by atoms with Crippen molar-refractivity contribution in [3.63, 3.8) is 0 Å². The van der Waals surface area contributed by atoms with Crippen LogP contribution in [-0.2, 0) is 9.53 Å². The number of nitrogens with one attached hydrogen (secondary N) is 1. The van der Waals surface area contributed by atoms with Crippen molar-refractivity contribution in [2.24, 2.45) is 0 Å². The molecule has 1 atom stereocenters. The van der Waals surface area contributed by atoms with Crippen LogP contribution >= 0.6 is 11.6 Å². The average Bonchev–Trinajstić information content (AvgIpc) is 2.90. The molecule has 2 rings (SSSR count). The lowest BCUT2D eigenvalue weighted by Gasteiger charge is -2.19. The Kier molecular flexibility index (Phi) is 5.82. The highest BCUT2D eigenvalue weighted by Gasteiger charge is 2.24. The van der Waals surface area contributed by atoms with Gasteiger partial charge in [0.1, 0.15) is 5.82 Å². The van der Waals surface area contributed by atoms with Crippen LogP contribution in [0.25, 0.3) is 0 Å². The first-order valence-corrected chi connectivity index (χ1v) is 7.55. The van der Waals surface area contributed by atoms with Crippen LogP contribution in [0.2, 0.25) is 5.02 Å². The number of benzene rings is 1. The second-order valence-corrected chi connectivity index (χ2v) is 5.45. The van der Waals surface area contributed by atoms with E-state index < -0.39 is 5.82 Å². The van der Waals surface area contributed by atoms with Crippen LogP contribution in [0.15, 0.2) is 18.2 Å². The summed E-state index contributed by atoms with van der Waals surface area (Å²) < 4.78 is 18.3. The minimum atomic E-state index is -0.416. The molecular weight excluding hydrogens is 295 g/mol. The molecule has 1 aliphatic heterocycles. The number of hydrogen-bond donors (Lipinski definition) is 1. The van der Waals surface area contributed by atoms with E-state index in [1.807, 2.05) is 6.92 Å². The van der Waals surface area contributed by atoms with E-state index in [1.54, 1.807) is 12.1 Å². The third-order valence-electron chi connectivity index (χ3n) is 3.50. The predicted molar refractivity (Wildman–Crippen MR) is 81.3 cm³/mol. The van der Waals surface area contributed by atoms with Crippen molar-refractivity contribution in [1.82, 2.24) is 5.32 Å². The van der Waals surface area contributed by atoms with Gasteiger partial charge in [-0.1, -0.05) is 11.6 Å². The predicted octanol–water partition coefficient (Wildman–Crippen LogP) is 2.60. The lowest BCUT2D eigenvalue weighted by atomic mass is 10.2. The van der Waals surface area contributed by atoms with Gasteiger partial charge in [0, 0.05) is 37.8 Å². The number of ether oxygens (including phenoxy) is 1. The topological polar surface area (TPSA) is 41.6 Å². The van der Waals surface area contributed by atoms with Crippen LogP contribution in [-0.4, -0.2) is 38.3 Å². The zero-order valence-corrected chi connectivity index (χ0v) is 12.8. The molecule has 1 saturated heterocycles. The summed E-state index contributed by atoms with van der Waals surface area (Å²) >= 11 is 5.80. The monoisotopic (exact) mass is 314 g/mol. The van der Waals surface area contributed by atoms with Gasteiger partial charge in [0.05, 0.1) is 11.6 Å². The molecule has 1 aromatic rings. The third-order valence-corrected chi connectivity index (χ3v) is 3.79. The van der Waals surface area contributed by atoms with E-state index in [1.165, 1.54) is 6.07 Å². The molecule has 0 saturated carbocycles. The summed E-state index contributed by atoms with van der Waals surface area (Å²) in [5.41, 5.74) is 0.882. The van der Waals surface area contributed by atoms with E-state index in [-0.39, 0.29) is 17.0 Å². The molecule has 1 heterocycles. The molecule has 0 aliphatic carbocycles. The first kappa shape index (κ1) is 16.0. The Morgan fingerprint density at radius 2 is 2.38 bits per heavy atom. The molecule has 6 heteroatoms. The molecule has 1 fully saturated rings. The van der Waals surface area contributed by atoms with Gasteiger partial charge in [-0.2, -0.15) is 0 Å². The first-order valence-electron chi connectivity index (χ1n) is 7.17. The van der Waals surface area contributed by atoms with E-state index in [4.69, 9.17) is 16.3 Å². The van der Waals surface area contributed by atoms with E-state index in [9.17, 15) is 9.18 Å². The smallest absolute Gasteiger partial charge is 0.222 e. The Morgan fingerprint density at radius 3 is 3.10 bits per heavy atom. The number of carbonyl (C=O) groups excluding carboxylic acids is 1. The quantitative estimate of drug-likeness (QED) is 0.821. The Balaban J connectivity index is 1.83. The van der Waals surface area contributed by atoms with Gasteiger partial charge in [-0.3, -0.25) is 4.79 Å². The summed E-state index contributed by atoms with van der Waals surface area (Å²) in [6, 6.07) is 4.81. The molecule has 1 aromatic carbocycles. The zero-order valence-electron chi connectivity index (χ0n) is 12.1. The molecule has 0 unspecified atom stereocenters. The molecule has 0 spiro atoms. The maximum Gasteiger partial charge on any atom is 0.222 e. The van der Waals surface area contributed by atoms with Crippen LogP contribution < -0.4 is 10.2 Å². The van der Waals surface area contributed by atoms with Crippen molar-refractivity contribution < 1.29 is 13.9 Å². The molecule has 116 valence electrons. The highest BCUT2D eigenvalue weighted by atomic mass is 35.5. The minimum absolute atomic E-state index is 0.00689. The number of anilines is 1. The Labute approximate surface area is 129 Å². The fourth-order valence-electron chi connectivity index (χ4n) is 2.40. The average molecular weight is 315 g/mol. The molecular formula is C15H20ClFN2O2. The zero-order chi connectivity index (χ0) is 15.2. The molecule has 21 heavy (non-hydrogen) atoms.